The van der Waals surface area contributed by atoms with E-state index in [9.17, 15) is 9.59 Å². The molecule has 8 nitrogen and oxygen atoms in total. The number of rotatable bonds is 6. The van der Waals surface area contributed by atoms with Crippen molar-refractivity contribution in [2.75, 3.05) is 37.0 Å². The number of ether oxygens (including phenoxy) is 1. The summed E-state index contributed by atoms with van der Waals surface area (Å²) in [6.07, 6.45) is 1.68. The Bertz CT molecular complexity index is 1090. The van der Waals surface area contributed by atoms with Gasteiger partial charge in [0.25, 0.3) is 5.56 Å². The van der Waals surface area contributed by atoms with E-state index >= 15 is 4.39 Å². The SMILES string of the molecule is CCOC[C@H](N)[C@H]1CN(c2c(F)cc3c(=O)n(N)c(=O)n(C4CC4)c3c2C)C[C@H]1C. The summed E-state index contributed by atoms with van der Waals surface area (Å²) in [4.78, 5) is 27.3. The number of halogens is 1. The van der Waals surface area contributed by atoms with E-state index < -0.39 is 17.1 Å². The Labute approximate surface area is 174 Å². The molecule has 1 saturated carbocycles. The van der Waals surface area contributed by atoms with Crippen LogP contribution in [-0.2, 0) is 4.74 Å². The number of aryl methyl sites for hydroxylation is 1. The number of anilines is 1. The fourth-order valence-corrected chi connectivity index (χ4v) is 4.83. The van der Waals surface area contributed by atoms with E-state index in [-0.39, 0.29) is 29.3 Å². The molecule has 2 aliphatic rings. The molecule has 1 aliphatic heterocycles. The van der Waals surface area contributed by atoms with E-state index in [1.165, 1.54) is 6.07 Å². The second-order valence-electron chi connectivity index (χ2n) is 8.66. The highest BCUT2D eigenvalue weighted by Crippen LogP contribution is 2.40. The van der Waals surface area contributed by atoms with Crippen LogP contribution >= 0.6 is 0 Å². The van der Waals surface area contributed by atoms with Crippen molar-refractivity contribution in [1.82, 2.24) is 9.24 Å². The molecular formula is C21H30FN5O3. The van der Waals surface area contributed by atoms with E-state index in [1.54, 1.807) is 11.5 Å². The first kappa shape index (κ1) is 20.9. The van der Waals surface area contributed by atoms with Gasteiger partial charge in [0.05, 0.1) is 23.2 Å². The Morgan fingerprint density at radius 3 is 2.63 bits per heavy atom. The maximum Gasteiger partial charge on any atom is 0.350 e. The van der Waals surface area contributed by atoms with Crippen molar-refractivity contribution in [2.24, 2.45) is 17.6 Å². The van der Waals surface area contributed by atoms with Crippen molar-refractivity contribution in [3.8, 4) is 0 Å². The number of fused-ring (bicyclic) bond motifs is 1. The van der Waals surface area contributed by atoms with Crippen LogP contribution in [0.1, 0.15) is 38.3 Å². The van der Waals surface area contributed by atoms with Crippen LogP contribution in [0.2, 0.25) is 0 Å². The Morgan fingerprint density at radius 2 is 2.00 bits per heavy atom. The molecular weight excluding hydrogens is 389 g/mol. The summed E-state index contributed by atoms with van der Waals surface area (Å²) < 4.78 is 22.9. The summed E-state index contributed by atoms with van der Waals surface area (Å²) in [7, 11) is 0. The van der Waals surface area contributed by atoms with Crippen LogP contribution in [0, 0.1) is 24.6 Å². The molecule has 0 amide bonds. The molecule has 1 saturated heterocycles. The van der Waals surface area contributed by atoms with Gasteiger partial charge in [-0.05, 0) is 44.6 Å². The number of nitrogens with two attached hydrogens (primary N) is 2. The first-order valence-electron chi connectivity index (χ1n) is 10.6. The molecule has 1 aromatic heterocycles. The van der Waals surface area contributed by atoms with Gasteiger partial charge in [-0.1, -0.05) is 6.92 Å². The van der Waals surface area contributed by atoms with Crippen LogP contribution in [0.5, 0.6) is 0 Å². The molecule has 3 atom stereocenters. The molecule has 4 N–H and O–H groups in total. The van der Waals surface area contributed by atoms with Gasteiger partial charge in [0.2, 0.25) is 0 Å². The Hall–Kier alpha value is -2.39. The maximum atomic E-state index is 15.3. The third kappa shape index (κ3) is 3.30. The normalized spacial score (nSPS) is 22.8. The van der Waals surface area contributed by atoms with Crippen LogP contribution in [0.15, 0.2) is 15.7 Å². The van der Waals surface area contributed by atoms with Crippen molar-refractivity contribution in [3.05, 3.63) is 38.3 Å². The monoisotopic (exact) mass is 419 g/mol. The molecule has 2 aromatic rings. The third-order valence-electron chi connectivity index (χ3n) is 6.53. The predicted molar refractivity (Wildman–Crippen MR) is 115 cm³/mol. The number of nitrogens with zero attached hydrogens (tertiary/aromatic N) is 3. The molecule has 0 unspecified atom stereocenters. The summed E-state index contributed by atoms with van der Waals surface area (Å²) in [6.45, 7) is 8.13. The summed E-state index contributed by atoms with van der Waals surface area (Å²) in [5.41, 5.74) is 6.63. The lowest BCUT2D eigenvalue weighted by molar-refractivity contribution is 0.113. The molecule has 0 bridgehead atoms. The summed E-state index contributed by atoms with van der Waals surface area (Å²) in [6, 6.07) is 1.08. The first-order valence-corrected chi connectivity index (χ1v) is 10.6. The van der Waals surface area contributed by atoms with Gasteiger partial charge in [-0.2, -0.15) is 4.68 Å². The van der Waals surface area contributed by atoms with Crippen molar-refractivity contribution < 1.29 is 9.13 Å². The lowest BCUT2D eigenvalue weighted by Crippen LogP contribution is -2.44. The van der Waals surface area contributed by atoms with Gasteiger partial charge in [-0.3, -0.25) is 9.36 Å². The second-order valence-corrected chi connectivity index (χ2v) is 8.66. The summed E-state index contributed by atoms with van der Waals surface area (Å²) in [5.74, 6) is 5.64. The van der Waals surface area contributed by atoms with Crippen LogP contribution in [0.4, 0.5) is 10.1 Å². The fourth-order valence-electron chi connectivity index (χ4n) is 4.83. The maximum absolute atomic E-state index is 15.3. The molecule has 0 spiro atoms. The van der Waals surface area contributed by atoms with Gasteiger partial charge >= 0.3 is 5.69 Å². The minimum Gasteiger partial charge on any atom is -0.380 e. The minimum absolute atomic E-state index is 0.00252. The smallest absolute Gasteiger partial charge is 0.350 e. The highest BCUT2D eigenvalue weighted by molar-refractivity contribution is 5.87. The lowest BCUT2D eigenvalue weighted by atomic mass is 9.91. The predicted octanol–water partition coefficient (Wildman–Crippen LogP) is 1.10. The van der Waals surface area contributed by atoms with Gasteiger partial charge in [0, 0.05) is 37.3 Å². The van der Waals surface area contributed by atoms with Crippen LogP contribution in [0.3, 0.4) is 0 Å². The average Bonchev–Trinajstić information content (AvgIpc) is 3.47. The Kier molecular flexibility index (Phi) is 5.36. The lowest BCUT2D eigenvalue weighted by Gasteiger charge is -2.25. The number of benzene rings is 1. The Balaban J connectivity index is 1.81. The molecule has 1 aliphatic carbocycles. The zero-order valence-corrected chi connectivity index (χ0v) is 17.7. The summed E-state index contributed by atoms with van der Waals surface area (Å²) >= 11 is 0. The van der Waals surface area contributed by atoms with Crippen molar-refractivity contribution >= 4 is 16.6 Å². The topological polar surface area (TPSA) is 109 Å². The molecule has 1 aromatic carbocycles. The Morgan fingerprint density at radius 1 is 1.30 bits per heavy atom. The highest BCUT2D eigenvalue weighted by atomic mass is 19.1. The summed E-state index contributed by atoms with van der Waals surface area (Å²) in [5, 5.41) is 0.139. The molecule has 0 radical (unpaired) electrons. The van der Waals surface area contributed by atoms with E-state index in [2.05, 4.69) is 6.92 Å². The van der Waals surface area contributed by atoms with Crippen LogP contribution < -0.4 is 27.7 Å². The second kappa shape index (κ2) is 7.70. The number of hydrogen-bond donors (Lipinski definition) is 2. The van der Waals surface area contributed by atoms with Crippen molar-refractivity contribution in [1.29, 1.82) is 0 Å². The van der Waals surface area contributed by atoms with Crippen LogP contribution in [-0.4, -0.2) is 41.6 Å². The van der Waals surface area contributed by atoms with Gasteiger partial charge in [0.15, 0.2) is 0 Å². The molecule has 2 fully saturated rings. The molecule has 4 rings (SSSR count). The van der Waals surface area contributed by atoms with Crippen molar-refractivity contribution in [2.45, 2.75) is 45.7 Å². The van der Waals surface area contributed by atoms with E-state index in [4.69, 9.17) is 16.3 Å². The average molecular weight is 420 g/mol. The molecule has 164 valence electrons. The first-order chi connectivity index (χ1) is 14.3. The molecule has 30 heavy (non-hydrogen) atoms. The van der Waals surface area contributed by atoms with Crippen molar-refractivity contribution in [3.63, 3.8) is 0 Å². The van der Waals surface area contributed by atoms with Gasteiger partial charge in [-0.25, -0.2) is 9.18 Å². The van der Waals surface area contributed by atoms with E-state index in [0.29, 0.717) is 47.7 Å². The standard InChI is InChI=1S/C21H30FN5O3/c1-4-30-10-17(23)15-9-25(8-11(15)2)19-12(3)18-14(7-16(19)22)20(28)27(24)21(29)26(18)13-5-6-13/h7,11,13,15,17H,4-6,8-10,23-24H2,1-3H3/t11-,15+,17+/m1/s1. The van der Waals surface area contributed by atoms with E-state index in [0.717, 1.165) is 12.8 Å². The zero-order valence-electron chi connectivity index (χ0n) is 17.7. The van der Waals surface area contributed by atoms with Gasteiger partial charge in [-0.15, -0.1) is 0 Å². The van der Waals surface area contributed by atoms with E-state index in [1.807, 2.05) is 11.8 Å². The number of aromatic nitrogens is 2. The largest absolute Gasteiger partial charge is 0.380 e. The molecule has 9 heteroatoms. The fraction of sp³-hybridized carbons (Fsp3) is 0.619. The van der Waals surface area contributed by atoms with Gasteiger partial charge in [0.1, 0.15) is 5.82 Å². The highest BCUT2D eigenvalue weighted by Gasteiger charge is 2.37. The zero-order chi connectivity index (χ0) is 21.7. The van der Waals surface area contributed by atoms with Gasteiger partial charge < -0.3 is 21.2 Å². The minimum atomic E-state index is -0.674. The molecule has 2 heterocycles. The number of nitrogen functional groups attached to an aromatic ring is 1. The third-order valence-corrected chi connectivity index (χ3v) is 6.53. The quantitative estimate of drug-likeness (QED) is 0.679. The van der Waals surface area contributed by atoms with Crippen LogP contribution in [0.25, 0.3) is 10.9 Å². The number of hydrogen-bond acceptors (Lipinski definition) is 6.